The fraction of sp³-hybridized carbons (Fsp3) is 0.406. The van der Waals surface area contributed by atoms with Crippen LogP contribution >= 0.6 is 0 Å². The largest absolute Gasteiger partial charge is 0.478 e. The van der Waals surface area contributed by atoms with Crippen molar-refractivity contribution in [1.29, 1.82) is 0 Å². The first kappa shape index (κ1) is 29.3. The molecule has 222 valence electrons. The molecule has 10 heteroatoms. The van der Waals surface area contributed by atoms with Gasteiger partial charge in [-0.2, -0.15) is 0 Å². The average molecular weight is 575 g/mol. The van der Waals surface area contributed by atoms with Crippen LogP contribution in [-0.2, 0) is 0 Å². The smallest absolute Gasteiger partial charge is 0.256 e. The van der Waals surface area contributed by atoms with E-state index >= 15 is 0 Å². The Bertz CT molecular complexity index is 1450. The highest BCUT2D eigenvalue weighted by Gasteiger charge is 2.33. The van der Waals surface area contributed by atoms with Crippen LogP contribution in [0.1, 0.15) is 47.4 Å². The molecule has 0 radical (unpaired) electrons. The Morgan fingerprint density at radius 1 is 1.02 bits per heavy atom. The molecule has 3 aromatic rings. The van der Waals surface area contributed by atoms with E-state index in [0.29, 0.717) is 67.9 Å². The highest BCUT2D eigenvalue weighted by Crippen LogP contribution is 2.35. The summed E-state index contributed by atoms with van der Waals surface area (Å²) in [4.78, 5) is 36.9. The Kier molecular flexibility index (Phi) is 8.91. The zero-order valence-electron chi connectivity index (χ0n) is 24.3. The van der Waals surface area contributed by atoms with Crippen LogP contribution in [0.3, 0.4) is 0 Å². The Hall–Kier alpha value is -4.18. The molecule has 2 atom stereocenters. The topological polar surface area (TPSA) is 118 Å². The minimum atomic E-state index is -0.528. The molecule has 0 saturated carbocycles. The maximum atomic E-state index is 14.3. The Labute approximate surface area is 246 Å². The third-order valence-corrected chi connectivity index (χ3v) is 8.33. The zero-order chi connectivity index (χ0) is 29.8. The molecule has 2 fully saturated rings. The quantitative estimate of drug-likeness (QED) is 0.398. The van der Waals surface area contributed by atoms with E-state index in [0.717, 1.165) is 36.2 Å². The van der Waals surface area contributed by atoms with Crippen molar-refractivity contribution >= 4 is 23.2 Å². The third-order valence-electron chi connectivity index (χ3n) is 8.33. The molecule has 5 rings (SSSR count). The van der Waals surface area contributed by atoms with Gasteiger partial charge in [-0.3, -0.25) is 9.59 Å². The number of nitrogens with two attached hydrogens (primary N) is 2. The number of nitrogens with zero attached hydrogens (tertiary/aromatic N) is 4. The Morgan fingerprint density at radius 3 is 2.57 bits per heavy atom. The number of hydrogen-bond acceptors (Lipinski definition) is 7. The maximum absolute atomic E-state index is 14.3. The molecule has 2 aromatic carbocycles. The summed E-state index contributed by atoms with van der Waals surface area (Å²) in [6.07, 6.45) is 3.34. The first-order valence-electron chi connectivity index (χ1n) is 14.7. The normalized spacial score (nSPS) is 18.8. The number of rotatable bonds is 9. The summed E-state index contributed by atoms with van der Waals surface area (Å²) in [5, 5.41) is 0. The second-order valence-corrected chi connectivity index (χ2v) is 10.9. The van der Waals surface area contributed by atoms with Crippen molar-refractivity contribution < 1.29 is 18.7 Å². The first-order chi connectivity index (χ1) is 20.3. The van der Waals surface area contributed by atoms with E-state index in [-0.39, 0.29) is 17.8 Å². The first-order valence-corrected chi connectivity index (χ1v) is 14.7. The molecule has 0 aliphatic carbocycles. The van der Waals surface area contributed by atoms with Gasteiger partial charge in [0.15, 0.2) is 0 Å². The van der Waals surface area contributed by atoms with Crippen molar-refractivity contribution in [1.82, 2.24) is 9.88 Å². The SMILES string of the molecule is CCOc1ncccc1-c1ccc(N2CCN(C(=O)c3ccc(F)cc3N3CCC(CN)C3)C[C@H]2CC)c(C(N)=O)c1. The summed E-state index contributed by atoms with van der Waals surface area (Å²) in [5.74, 6) is -0.186. The monoisotopic (exact) mass is 574 g/mol. The van der Waals surface area contributed by atoms with Gasteiger partial charge < -0.3 is 30.9 Å². The number of ether oxygens (including phenoxy) is 1. The lowest BCUT2D eigenvalue weighted by molar-refractivity contribution is 0.0720. The fourth-order valence-corrected chi connectivity index (χ4v) is 6.08. The molecule has 4 N–H and O–H groups in total. The van der Waals surface area contributed by atoms with E-state index in [1.54, 1.807) is 18.3 Å². The number of halogens is 1. The third kappa shape index (κ3) is 5.90. The molecule has 9 nitrogen and oxygen atoms in total. The van der Waals surface area contributed by atoms with Crippen molar-refractivity contribution in [3.05, 3.63) is 71.7 Å². The average Bonchev–Trinajstić information content (AvgIpc) is 3.50. The van der Waals surface area contributed by atoms with E-state index in [2.05, 4.69) is 21.7 Å². The van der Waals surface area contributed by atoms with E-state index in [1.165, 1.54) is 12.1 Å². The van der Waals surface area contributed by atoms with Crippen molar-refractivity contribution in [2.75, 3.05) is 55.7 Å². The fourth-order valence-electron chi connectivity index (χ4n) is 6.08. The minimum Gasteiger partial charge on any atom is -0.478 e. The van der Waals surface area contributed by atoms with E-state index in [4.69, 9.17) is 16.2 Å². The molecule has 0 spiro atoms. The number of primary amides is 1. The summed E-state index contributed by atoms with van der Waals surface area (Å²) in [6.45, 7) is 7.90. The standard InChI is InChI=1S/C32H39FN6O3/c1-3-24-20-38(32(41)26-9-8-23(33)17-29(26)37-13-11-21(18-34)19-37)14-15-39(24)28-10-7-22(16-27(28)30(35)40)25-6-5-12-36-31(25)42-4-2/h5-10,12,16-17,21,24H,3-4,11,13-15,18-20,34H2,1-2H3,(H2,35,40)/t21?,24-/m1/s1. The van der Waals surface area contributed by atoms with Gasteiger partial charge in [-0.05, 0) is 80.3 Å². The number of aromatic nitrogens is 1. The van der Waals surface area contributed by atoms with E-state index in [9.17, 15) is 14.0 Å². The molecule has 2 aliphatic rings. The summed E-state index contributed by atoms with van der Waals surface area (Å²) >= 11 is 0. The Morgan fingerprint density at radius 2 is 1.86 bits per heavy atom. The predicted octanol–water partition coefficient (Wildman–Crippen LogP) is 3.91. The van der Waals surface area contributed by atoms with Crippen molar-refractivity contribution in [3.8, 4) is 17.0 Å². The molecule has 0 bridgehead atoms. The minimum absolute atomic E-state index is 0.0404. The molecule has 1 unspecified atom stereocenters. The maximum Gasteiger partial charge on any atom is 0.256 e. The van der Waals surface area contributed by atoms with Crippen LogP contribution < -0.4 is 26.0 Å². The van der Waals surface area contributed by atoms with Gasteiger partial charge in [0.05, 0.1) is 23.4 Å². The molecule has 2 amide bonds. The number of anilines is 2. The molecule has 3 heterocycles. The molecular weight excluding hydrogens is 535 g/mol. The van der Waals surface area contributed by atoms with Gasteiger partial charge >= 0.3 is 0 Å². The number of piperazine rings is 1. The zero-order valence-corrected chi connectivity index (χ0v) is 24.3. The van der Waals surface area contributed by atoms with Crippen LogP contribution in [0.4, 0.5) is 15.8 Å². The van der Waals surface area contributed by atoms with Gasteiger partial charge in [0.1, 0.15) is 5.82 Å². The van der Waals surface area contributed by atoms with Gasteiger partial charge in [-0.1, -0.05) is 13.0 Å². The van der Waals surface area contributed by atoms with Gasteiger partial charge in [0.2, 0.25) is 5.88 Å². The number of pyridine rings is 1. The van der Waals surface area contributed by atoms with Crippen LogP contribution in [0, 0.1) is 11.7 Å². The number of benzene rings is 2. The van der Waals surface area contributed by atoms with Crippen LogP contribution in [0.5, 0.6) is 5.88 Å². The summed E-state index contributed by atoms with van der Waals surface area (Å²) < 4.78 is 20.0. The van der Waals surface area contributed by atoms with Gasteiger partial charge in [-0.25, -0.2) is 9.37 Å². The highest BCUT2D eigenvalue weighted by atomic mass is 19.1. The lowest BCUT2D eigenvalue weighted by atomic mass is 9.99. The van der Waals surface area contributed by atoms with E-state index < -0.39 is 5.91 Å². The number of carbonyl (C=O) groups is 2. The lowest BCUT2D eigenvalue weighted by Gasteiger charge is -2.43. The molecular formula is C32H39FN6O3. The summed E-state index contributed by atoms with van der Waals surface area (Å²) in [5.41, 5.74) is 15.6. The molecule has 2 aliphatic heterocycles. The van der Waals surface area contributed by atoms with Crippen LogP contribution in [0.2, 0.25) is 0 Å². The van der Waals surface area contributed by atoms with Crippen LogP contribution in [-0.4, -0.2) is 73.6 Å². The van der Waals surface area contributed by atoms with Crippen molar-refractivity contribution in [3.63, 3.8) is 0 Å². The van der Waals surface area contributed by atoms with Crippen molar-refractivity contribution in [2.24, 2.45) is 17.4 Å². The van der Waals surface area contributed by atoms with E-state index in [1.807, 2.05) is 36.1 Å². The number of carbonyl (C=O) groups excluding carboxylic acids is 2. The van der Waals surface area contributed by atoms with Gasteiger partial charge in [-0.15, -0.1) is 0 Å². The molecule has 1 aromatic heterocycles. The highest BCUT2D eigenvalue weighted by molar-refractivity contribution is 6.01. The van der Waals surface area contributed by atoms with Crippen LogP contribution in [0.25, 0.3) is 11.1 Å². The number of hydrogen-bond donors (Lipinski definition) is 2. The second-order valence-electron chi connectivity index (χ2n) is 10.9. The second kappa shape index (κ2) is 12.8. The summed E-state index contributed by atoms with van der Waals surface area (Å²) in [6, 6.07) is 13.7. The number of amides is 2. The summed E-state index contributed by atoms with van der Waals surface area (Å²) in [7, 11) is 0. The van der Waals surface area contributed by atoms with Crippen molar-refractivity contribution in [2.45, 2.75) is 32.7 Å². The lowest BCUT2D eigenvalue weighted by Crippen LogP contribution is -2.55. The van der Waals surface area contributed by atoms with Gasteiger partial charge in [0.25, 0.3) is 11.8 Å². The van der Waals surface area contributed by atoms with Crippen LogP contribution in [0.15, 0.2) is 54.7 Å². The molecule has 2 saturated heterocycles. The Balaban J connectivity index is 1.39. The van der Waals surface area contributed by atoms with Gasteiger partial charge in [0, 0.05) is 56.2 Å². The molecule has 42 heavy (non-hydrogen) atoms. The predicted molar refractivity (Wildman–Crippen MR) is 162 cm³/mol.